The summed E-state index contributed by atoms with van der Waals surface area (Å²) in [5, 5.41) is 8.88. The Kier molecular flexibility index (Phi) is 5.13. The number of esters is 1. The molecule has 1 rings (SSSR count). The first-order chi connectivity index (χ1) is 8.12. The molecule has 4 nitrogen and oxygen atoms in total. The van der Waals surface area contributed by atoms with Crippen molar-refractivity contribution in [3.05, 3.63) is 33.3 Å². The maximum Gasteiger partial charge on any atom is 0.310 e. The van der Waals surface area contributed by atoms with E-state index < -0.39 is 0 Å². The van der Waals surface area contributed by atoms with Gasteiger partial charge in [0.25, 0.3) is 0 Å². The van der Waals surface area contributed by atoms with Crippen molar-refractivity contribution >= 4 is 21.9 Å². The van der Waals surface area contributed by atoms with E-state index in [1.54, 1.807) is 19.1 Å². The summed E-state index contributed by atoms with van der Waals surface area (Å²) in [6.45, 7) is 2.40. The van der Waals surface area contributed by atoms with Crippen molar-refractivity contribution in [3.8, 4) is 6.07 Å². The summed E-state index contributed by atoms with van der Waals surface area (Å²) in [5.41, 5.74) is 7.69. The minimum absolute atomic E-state index is 0.171. The van der Waals surface area contributed by atoms with E-state index in [0.717, 1.165) is 11.1 Å². The number of hydrogen-bond donors (Lipinski definition) is 1. The van der Waals surface area contributed by atoms with Crippen molar-refractivity contribution in [2.45, 2.75) is 19.9 Å². The number of rotatable bonds is 4. The zero-order chi connectivity index (χ0) is 12.8. The minimum atomic E-state index is -0.293. The van der Waals surface area contributed by atoms with Gasteiger partial charge >= 0.3 is 5.97 Å². The maximum absolute atomic E-state index is 11.4. The molecule has 0 aliphatic carbocycles. The molecule has 0 aliphatic heterocycles. The molecule has 0 atom stereocenters. The third kappa shape index (κ3) is 3.55. The monoisotopic (exact) mass is 296 g/mol. The molecule has 0 radical (unpaired) electrons. The summed E-state index contributed by atoms with van der Waals surface area (Å²) in [6.07, 6.45) is 0.171. The van der Waals surface area contributed by atoms with E-state index in [9.17, 15) is 4.79 Å². The predicted molar refractivity (Wildman–Crippen MR) is 67.1 cm³/mol. The molecule has 0 saturated carbocycles. The summed E-state index contributed by atoms with van der Waals surface area (Å²) < 4.78 is 5.55. The van der Waals surface area contributed by atoms with Gasteiger partial charge in [-0.2, -0.15) is 5.26 Å². The molecule has 90 valence electrons. The lowest BCUT2D eigenvalue weighted by molar-refractivity contribution is -0.142. The molecule has 0 aromatic heterocycles. The lowest BCUT2D eigenvalue weighted by Gasteiger charge is -2.09. The molecule has 0 aliphatic rings. The number of nitrogens with two attached hydrogens (primary N) is 1. The van der Waals surface area contributed by atoms with Crippen LogP contribution in [0.25, 0.3) is 0 Å². The number of nitrogens with zero attached hydrogens (tertiary/aromatic N) is 1. The number of carbonyl (C=O) groups is 1. The first-order valence-electron chi connectivity index (χ1n) is 5.19. The SMILES string of the molecule is CCOC(=O)Cc1cc(Br)c(C#N)cc1CN. The number of hydrogen-bond acceptors (Lipinski definition) is 4. The van der Waals surface area contributed by atoms with Gasteiger partial charge in [-0.05, 0) is 46.1 Å². The molecular formula is C12H13BrN2O2. The Bertz CT molecular complexity index is 466. The van der Waals surface area contributed by atoms with Crippen molar-refractivity contribution in [2.75, 3.05) is 6.61 Å². The molecule has 0 amide bonds. The van der Waals surface area contributed by atoms with Gasteiger partial charge in [-0.15, -0.1) is 0 Å². The molecule has 0 bridgehead atoms. The van der Waals surface area contributed by atoms with Crippen LogP contribution in [0.15, 0.2) is 16.6 Å². The van der Waals surface area contributed by atoms with Gasteiger partial charge in [-0.3, -0.25) is 4.79 Å². The summed E-state index contributed by atoms with van der Waals surface area (Å²) >= 11 is 3.28. The largest absolute Gasteiger partial charge is 0.466 e. The number of carbonyl (C=O) groups excluding carboxylic acids is 1. The van der Waals surface area contributed by atoms with Crippen LogP contribution in [0, 0.1) is 11.3 Å². The van der Waals surface area contributed by atoms with E-state index in [0.29, 0.717) is 16.6 Å². The number of halogens is 1. The van der Waals surface area contributed by atoms with Gasteiger partial charge in [-0.1, -0.05) is 0 Å². The fourth-order valence-electron chi connectivity index (χ4n) is 1.47. The van der Waals surface area contributed by atoms with E-state index in [-0.39, 0.29) is 18.9 Å². The van der Waals surface area contributed by atoms with E-state index in [1.807, 2.05) is 0 Å². The summed E-state index contributed by atoms with van der Waals surface area (Å²) in [7, 11) is 0. The zero-order valence-electron chi connectivity index (χ0n) is 9.50. The highest BCUT2D eigenvalue weighted by atomic mass is 79.9. The fraction of sp³-hybridized carbons (Fsp3) is 0.333. The van der Waals surface area contributed by atoms with Gasteiger partial charge in [-0.25, -0.2) is 0 Å². The van der Waals surface area contributed by atoms with Gasteiger partial charge in [0.2, 0.25) is 0 Å². The Hall–Kier alpha value is -1.38. The Balaban J connectivity index is 3.03. The zero-order valence-corrected chi connectivity index (χ0v) is 11.1. The maximum atomic E-state index is 11.4. The molecule has 1 aromatic carbocycles. The fourth-order valence-corrected chi connectivity index (χ4v) is 1.95. The lowest BCUT2D eigenvalue weighted by Crippen LogP contribution is -2.11. The second kappa shape index (κ2) is 6.38. The van der Waals surface area contributed by atoms with Crippen LogP contribution in [-0.2, 0) is 22.5 Å². The van der Waals surface area contributed by atoms with Crippen molar-refractivity contribution in [1.29, 1.82) is 5.26 Å². The van der Waals surface area contributed by atoms with Crippen LogP contribution in [0.4, 0.5) is 0 Å². The summed E-state index contributed by atoms with van der Waals surface area (Å²) in [6, 6.07) is 5.50. The molecular weight excluding hydrogens is 284 g/mol. The molecule has 0 spiro atoms. The van der Waals surface area contributed by atoms with Crippen molar-refractivity contribution in [1.82, 2.24) is 0 Å². The van der Waals surface area contributed by atoms with Gasteiger partial charge in [0.1, 0.15) is 6.07 Å². The van der Waals surface area contributed by atoms with Crippen LogP contribution in [0.5, 0.6) is 0 Å². The smallest absolute Gasteiger partial charge is 0.310 e. The van der Waals surface area contributed by atoms with E-state index >= 15 is 0 Å². The average molecular weight is 297 g/mol. The Labute approximate surface area is 108 Å². The second-order valence-electron chi connectivity index (χ2n) is 3.40. The highest BCUT2D eigenvalue weighted by molar-refractivity contribution is 9.10. The van der Waals surface area contributed by atoms with E-state index in [4.69, 9.17) is 15.7 Å². The Morgan fingerprint density at radius 3 is 2.76 bits per heavy atom. The highest BCUT2D eigenvalue weighted by Gasteiger charge is 2.11. The molecule has 0 heterocycles. The molecule has 5 heteroatoms. The standard InChI is InChI=1S/C12H13BrN2O2/c1-2-17-12(16)5-8-4-11(13)10(7-15)3-9(8)6-14/h3-4H,2,5-6,14H2,1H3. The van der Waals surface area contributed by atoms with Crippen LogP contribution in [0.3, 0.4) is 0 Å². The molecule has 0 fully saturated rings. The third-order valence-electron chi connectivity index (χ3n) is 2.27. The van der Waals surface area contributed by atoms with Crippen LogP contribution in [-0.4, -0.2) is 12.6 Å². The predicted octanol–water partition coefficient (Wildman–Crippen LogP) is 1.89. The molecule has 2 N–H and O–H groups in total. The average Bonchev–Trinajstić information content (AvgIpc) is 2.29. The summed E-state index contributed by atoms with van der Waals surface area (Å²) in [4.78, 5) is 11.4. The third-order valence-corrected chi connectivity index (χ3v) is 2.93. The van der Waals surface area contributed by atoms with Gasteiger partial charge < -0.3 is 10.5 Å². The first-order valence-corrected chi connectivity index (χ1v) is 5.98. The van der Waals surface area contributed by atoms with Gasteiger partial charge in [0.15, 0.2) is 0 Å². The van der Waals surface area contributed by atoms with Crippen LogP contribution in [0.2, 0.25) is 0 Å². The number of benzene rings is 1. The minimum Gasteiger partial charge on any atom is -0.466 e. The van der Waals surface area contributed by atoms with Crippen LogP contribution >= 0.6 is 15.9 Å². The molecule has 0 unspecified atom stereocenters. The van der Waals surface area contributed by atoms with Crippen molar-refractivity contribution < 1.29 is 9.53 Å². The normalized spacial score (nSPS) is 9.76. The van der Waals surface area contributed by atoms with Gasteiger partial charge in [0, 0.05) is 11.0 Å². The topological polar surface area (TPSA) is 76.1 Å². The molecule has 17 heavy (non-hydrogen) atoms. The van der Waals surface area contributed by atoms with Crippen LogP contribution in [0.1, 0.15) is 23.6 Å². The van der Waals surface area contributed by atoms with E-state index in [2.05, 4.69) is 22.0 Å². The number of ether oxygens (including phenoxy) is 1. The Morgan fingerprint density at radius 2 is 2.24 bits per heavy atom. The van der Waals surface area contributed by atoms with Crippen molar-refractivity contribution in [3.63, 3.8) is 0 Å². The van der Waals surface area contributed by atoms with Crippen LogP contribution < -0.4 is 5.73 Å². The first kappa shape index (κ1) is 13.7. The molecule has 1 aromatic rings. The van der Waals surface area contributed by atoms with Crippen molar-refractivity contribution in [2.24, 2.45) is 5.73 Å². The number of nitriles is 1. The Morgan fingerprint density at radius 1 is 1.53 bits per heavy atom. The highest BCUT2D eigenvalue weighted by Crippen LogP contribution is 2.22. The lowest BCUT2D eigenvalue weighted by atomic mass is 10.0. The van der Waals surface area contributed by atoms with E-state index in [1.165, 1.54) is 0 Å². The second-order valence-corrected chi connectivity index (χ2v) is 4.25. The summed E-state index contributed by atoms with van der Waals surface area (Å²) in [5.74, 6) is -0.293. The molecule has 0 saturated heterocycles. The quantitative estimate of drug-likeness (QED) is 0.861. The van der Waals surface area contributed by atoms with Gasteiger partial charge in [0.05, 0.1) is 18.6 Å².